The first-order chi connectivity index (χ1) is 11.5. The van der Waals surface area contributed by atoms with Crippen LogP contribution in [0.1, 0.15) is 19.8 Å². The highest BCUT2D eigenvalue weighted by molar-refractivity contribution is 7.32. The van der Waals surface area contributed by atoms with Crippen molar-refractivity contribution < 1.29 is 18.7 Å². The van der Waals surface area contributed by atoms with Gasteiger partial charge in [0.25, 0.3) is 5.56 Å². The van der Waals surface area contributed by atoms with Crippen LogP contribution in [0.25, 0.3) is 11.2 Å². The smallest absolute Gasteiger partial charge is 0.332 e. The lowest BCUT2D eigenvalue weighted by Crippen LogP contribution is -2.39. The zero-order valence-corrected chi connectivity index (χ0v) is 15.3. The lowest BCUT2D eigenvalue weighted by Gasteiger charge is -2.09. The van der Waals surface area contributed by atoms with E-state index < -0.39 is 19.5 Å². The fourth-order valence-corrected chi connectivity index (χ4v) is 2.66. The minimum Gasteiger partial charge on any atom is -0.361 e. The Balaban J connectivity index is 0.00000312. The predicted octanol–water partition coefficient (Wildman–Crippen LogP) is 0.231. The molecule has 0 aliphatic heterocycles. The van der Waals surface area contributed by atoms with Crippen molar-refractivity contribution >= 4 is 19.4 Å². The molecule has 0 aliphatic carbocycles. The first-order valence-electron chi connectivity index (χ1n) is 7.55. The van der Waals surface area contributed by atoms with Crippen LogP contribution < -0.4 is 17.4 Å². The first-order valence-corrected chi connectivity index (χ1v) is 8.81. The quantitative estimate of drug-likeness (QED) is 0.465. The second kappa shape index (κ2) is 9.64. The fourth-order valence-electron chi connectivity index (χ4n) is 2.34. The normalized spacial score (nSPS) is 12.3. The molecule has 142 valence electrons. The minimum absolute atomic E-state index is 0. The summed E-state index contributed by atoms with van der Waals surface area (Å²) in [6, 6.07) is 0. The van der Waals surface area contributed by atoms with E-state index in [1.54, 1.807) is 11.6 Å². The van der Waals surface area contributed by atoms with Crippen molar-refractivity contribution in [2.75, 3.05) is 13.2 Å². The molecule has 12 heteroatoms. The number of hydrogen-bond acceptors (Lipinski definition) is 7. The maximum atomic E-state index is 12.6. The third-order valence-electron chi connectivity index (χ3n) is 3.54. The highest BCUT2D eigenvalue weighted by Gasteiger charge is 2.15. The number of hydrogen-bond donors (Lipinski definition) is 2. The third kappa shape index (κ3) is 4.86. The Kier molecular flexibility index (Phi) is 8.20. The number of ether oxygens (including phenoxy) is 1. The molecule has 2 rings (SSSR count). The summed E-state index contributed by atoms with van der Waals surface area (Å²) < 4.78 is 24.4. The summed E-state index contributed by atoms with van der Waals surface area (Å²) in [6.45, 7) is 2.81. The van der Waals surface area contributed by atoms with E-state index >= 15 is 0 Å². The Hall–Kier alpha value is -1.78. The molecule has 1 atom stereocenters. The molecule has 1 unspecified atom stereocenters. The molecule has 25 heavy (non-hydrogen) atoms. The van der Waals surface area contributed by atoms with Gasteiger partial charge in [-0.1, -0.05) is 0 Å². The van der Waals surface area contributed by atoms with Crippen LogP contribution in [0.3, 0.4) is 0 Å². The molecule has 0 bridgehead atoms. The molecule has 0 spiro atoms. The molecule has 0 fully saturated rings. The summed E-state index contributed by atoms with van der Waals surface area (Å²) in [5.74, 6) is 0. The highest BCUT2D eigenvalue weighted by Crippen LogP contribution is 2.14. The summed E-state index contributed by atoms with van der Waals surface area (Å²) in [4.78, 5) is 37.7. The molecule has 4 N–H and O–H groups in total. The fraction of sp³-hybridized carbons (Fsp3) is 0.615. The predicted molar refractivity (Wildman–Crippen MR) is 92.3 cm³/mol. The van der Waals surface area contributed by atoms with Gasteiger partial charge in [0.05, 0.1) is 12.9 Å². The van der Waals surface area contributed by atoms with E-state index in [0.29, 0.717) is 30.6 Å². The van der Waals surface area contributed by atoms with Gasteiger partial charge in [-0.05, 0) is 19.8 Å². The topological polar surface area (TPSA) is 153 Å². The SMILES string of the molecule is CCOCn1cnc2c1c(=O)n(CCCCO[PH](=O)O)c(=O)n2C.N. The second-order valence-corrected chi connectivity index (χ2v) is 5.95. The number of aryl methyl sites for hydroxylation is 1. The van der Waals surface area contributed by atoms with Crippen molar-refractivity contribution in [1.82, 2.24) is 24.8 Å². The Morgan fingerprint density at radius 1 is 1.32 bits per heavy atom. The van der Waals surface area contributed by atoms with Crippen LogP contribution in [0, 0.1) is 0 Å². The Morgan fingerprint density at radius 3 is 2.68 bits per heavy atom. The average Bonchev–Trinajstić information content (AvgIpc) is 2.97. The van der Waals surface area contributed by atoms with Gasteiger partial charge in [0.1, 0.15) is 6.73 Å². The van der Waals surface area contributed by atoms with Crippen molar-refractivity contribution in [1.29, 1.82) is 0 Å². The number of aromatic nitrogens is 4. The van der Waals surface area contributed by atoms with Crippen molar-refractivity contribution in [2.24, 2.45) is 7.05 Å². The number of fused-ring (bicyclic) bond motifs is 1. The van der Waals surface area contributed by atoms with Crippen LogP contribution in [0.4, 0.5) is 0 Å². The van der Waals surface area contributed by atoms with Crippen molar-refractivity contribution in [3.8, 4) is 0 Å². The molecule has 2 aromatic heterocycles. The minimum atomic E-state index is -2.95. The second-order valence-electron chi connectivity index (χ2n) is 5.13. The molecule has 2 heterocycles. The molecule has 0 radical (unpaired) electrons. The molecule has 0 aromatic carbocycles. The van der Waals surface area contributed by atoms with Gasteiger partial charge >= 0.3 is 13.9 Å². The Morgan fingerprint density at radius 2 is 2.04 bits per heavy atom. The number of imidazole rings is 1. The molecular formula is C13H24N5O6P. The van der Waals surface area contributed by atoms with Crippen LogP contribution in [0.2, 0.25) is 0 Å². The van der Waals surface area contributed by atoms with E-state index in [1.165, 1.54) is 10.9 Å². The Labute approximate surface area is 144 Å². The van der Waals surface area contributed by atoms with E-state index in [4.69, 9.17) is 9.63 Å². The largest absolute Gasteiger partial charge is 0.361 e. The van der Waals surface area contributed by atoms with Gasteiger partial charge in [-0.15, -0.1) is 0 Å². The first kappa shape index (κ1) is 21.3. The zero-order chi connectivity index (χ0) is 17.7. The summed E-state index contributed by atoms with van der Waals surface area (Å²) in [5, 5.41) is 0. The summed E-state index contributed by atoms with van der Waals surface area (Å²) in [6.07, 6.45) is 2.40. The van der Waals surface area contributed by atoms with Crippen LogP contribution in [0.15, 0.2) is 15.9 Å². The average molecular weight is 377 g/mol. The Bertz CT molecular complexity index is 842. The number of nitrogens with zero attached hydrogens (tertiary/aromatic N) is 4. The molecule has 2 aromatic rings. The number of unbranched alkanes of at least 4 members (excludes halogenated alkanes) is 1. The molecule has 11 nitrogen and oxygen atoms in total. The molecule has 0 aliphatic rings. The van der Waals surface area contributed by atoms with Gasteiger partial charge in [0.2, 0.25) is 0 Å². The van der Waals surface area contributed by atoms with Gasteiger partial charge in [-0.2, -0.15) is 0 Å². The van der Waals surface area contributed by atoms with Crippen molar-refractivity contribution in [2.45, 2.75) is 33.0 Å². The monoisotopic (exact) mass is 377 g/mol. The molecular weight excluding hydrogens is 353 g/mol. The maximum absolute atomic E-state index is 12.6. The van der Waals surface area contributed by atoms with Crippen LogP contribution >= 0.6 is 8.25 Å². The van der Waals surface area contributed by atoms with E-state index in [2.05, 4.69) is 9.51 Å². The standard InChI is InChI=1S/C13H21N4O6P.H3N/c1-3-22-9-16-8-14-11-10(16)12(18)17(13(19)15(11)2)6-4-5-7-23-24(20)21;/h8,24H,3-7,9H2,1-2H3,(H,20,21);1H3. The lowest BCUT2D eigenvalue weighted by molar-refractivity contribution is 0.0903. The third-order valence-corrected chi connectivity index (χ3v) is 3.99. The van der Waals surface area contributed by atoms with Crippen LogP contribution in [-0.4, -0.2) is 36.8 Å². The molecule has 0 saturated carbocycles. The van der Waals surface area contributed by atoms with Crippen molar-refractivity contribution in [3.63, 3.8) is 0 Å². The van der Waals surface area contributed by atoms with Gasteiger partial charge in [0.15, 0.2) is 11.2 Å². The van der Waals surface area contributed by atoms with Crippen molar-refractivity contribution in [3.05, 3.63) is 27.2 Å². The van der Waals surface area contributed by atoms with E-state index in [1.807, 2.05) is 6.92 Å². The van der Waals surface area contributed by atoms with Crippen LogP contribution in [-0.2, 0) is 34.1 Å². The summed E-state index contributed by atoms with van der Waals surface area (Å²) in [7, 11) is -1.39. The van der Waals surface area contributed by atoms with Gasteiger partial charge in [-0.3, -0.25) is 18.5 Å². The van der Waals surface area contributed by atoms with Gasteiger partial charge < -0.3 is 24.9 Å². The highest BCUT2D eigenvalue weighted by atomic mass is 31.1. The van der Waals surface area contributed by atoms with Crippen LogP contribution in [0.5, 0.6) is 0 Å². The molecule has 0 amide bonds. The molecule has 0 saturated heterocycles. The summed E-state index contributed by atoms with van der Waals surface area (Å²) in [5.41, 5.74) is -0.266. The van der Waals surface area contributed by atoms with E-state index in [9.17, 15) is 14.2 Å². The van der Waals surface area contributed by atoms with E-state index in [0.717, 1.165) is 4.57 Å². The summed E-state index contributed by atoms with van der Waals surface area (Å²) >= 11 is 0. The van der Waals surface area contributed by atoms with Gasteiger partial charge in [0, 0.05) is 20.2 Å². The van der Waals surface area contributed by atoms with Gasteiger partial charge in [-0.25, -0.2) is 9.78 Å². The number of rotatable bonds is 9. The van der Waals surface area contributed by atoms with E-state index in [-0.39, 0.29) is 26.0 Å². The zero-order valence-electron chi connectivity index (χ0n) is 14.3. The maximum Gasteiger partial charge on any atom is 0.332 e. The lowest BCUT2D eigenvalue weighted by atomic mass is 10.3.